The second kappa shape index (κ2) is 66.4. The average molecular weight is 1490 g/mol. The minimum atomic E-state index is -0.876. The number of benzene rings is 8. The molecule has 0 fully saturated rings. The van der Waals surface area contributed by atoms with Gasteiger partial charge in [0.25, 0.3) is 0 Å². The maximum absolute atomic E-state index is 13.6. The van der Waals surface area contributed by atoms with Gasteiger partial charge in [-0.15, -0.1) is 0 Å². The van der Waals surface area contributed by atoms with Gasteiger partial charge in [-0.3, -0.25) is 0 Å². The molecule has 2 heteroatoms. The molecular weight excluding hydrogens is 1310 g/mol. The van der Waals surface area contributed by atoms with E-state index in [9.17, 15) is 9.50 Å². The predicted molar refractivity (Wildman–Crippen MR) is 499 cm³/mol. The lowest BCUT2D eigenvalue weighted by Crippen LogP contribution is -2.33. The molecule has 1 N–H and O–H groups in total. The molecule has 0 heterocycles. The first-order chi connectivity index (χ1) is 50.4. The van der Waals surface area contributed by atoms with Crippen LogP contribution in [-0.4, -0.2) is 5.11 Å². The van der Waals surface area contributed by atoms with Gasteiger partial charge in [0.2, 0.25) is 0 Å². The van der Waals surface area contributed by atoms with Gasteiger partial charge in [-0.1, -0.05) is 540 Å². The van der Waals surface area contributed by atoms with Crippen LogP contribution in [0.2, 0.25) is 0 Å². The highest BCUT2D eigenvalue weighted by atomic mass is 19.1. The Morgan fingerprint density at radius 1 is 0.269 bits per heavy atom. The van der Waals surface area contributed by atoms with E-state index in [2.05, 4.69) is 321 Å². The highest BCUT2D eigenvalue weighted by molar-refractivity contribution is 5.27. The monoisotopic (exact) mass is 1490 g/mol. The molecule has 8 aromatic rings. The number of aliphatic hydroxyl groups is 1. The fourth-order valence-corrected chi connectivity index (χ4v) is 8.97. The van der Waals surface area contributed by atoms with Crippen molar-refractivity contribution in [2.45, 2.75) is 351 Å². The van der Waals surface area contributed by atoms with Gasteiger partial charge in [-0.2, -0.15) is 0 Å². The molecule has 8 rings (SSSR count). The molecule has 0 bridgehead atoms. The minimum Gasteiger partial charge on any atom is -0.388 e. The van der Waals surface area contributed by atoms with Crippen molar-refractivity contribution in [2.75, 3.05) is 0 Å². The maximum atomic E-state index is 13.6. The van der Waals surface area contributed by atoms with Crippen molar-refractivity contribution in [1.29, 1.82) is 0 Å². The second-order valence-corrected chi connectivity index (χ2v) is 33.3. The Bertz CT molecular complexity index is 2820. The quantitative estimate of drug-likeness (QED) is 0.161. The van der Waals surface area contributed by atoms with E-state index in [1.807, 2.05) is 219 Å². The first kappa shape index (κ1) is 117. The molecule has 0 saturated carbocycles. The smallest absolute Gasteiger partial charge is 0.130 e. The van der Waals surface area contributed by atoms with Gasteiger partial charge in [-0.05, 0) is 118 Å². The molecule has 0 amide bonds. The lowest BCUT2D eigenvalue weighted by molar-refractivity contribution is 0.0627. The van der Waals surface area contributed by atoms with Crippen LogP contribution in [-0.2, 0) is 17.3 Å². The third-order valence-electron chi connectivity index (χ3n) is 17.5. The van der Waals surface area contributed by atoms with Crippen molar-refractivity contribution >= 4 is 0 Å². The van der Waals surface area contributed by atoms with Crippen molar-refractivity contribution in [1.82, 2.24) is 0 Å². The van der Waals surface area contributed by atoms with Gasteiger partial charge in [0, 0.05) is 0 Å². The van der Waals surface area contributed by atoms with E-state index in [1.54, 1.807) is 0 Å². The predicted octanol–water partition coefficient (Wildman–Crippen LogP) is 35.9. The number of halogens is 1. The number of rotatable bonds is 8. The number of hydrogen-bond donors (Lipinski definition) is 1. The molecule has 4 unspecified atom stereocenters. The van der Waals surface area contributed by atoms with Crippen LogP contribution < -0.4 is 0 Å². The van der Waals surface area contributed by atoms with E-state index in [-0.39, 0.29) is 22.3 Å². The first-order valence-corrected chi connectivity index (χ1v) is 42.1. The third kappa shape index (κ3) is 58.6. The number of aryl methyl sites for hydroxylation is 1. The van der Waals surface area contributed by atoms with Gasteiger partial charge in [0.15, 0.2) is 0 Å². The summed E-state index contributed by atoms with van der Waals surface area (Å²) in [6, 6.07) is 82.9. The standard InChI is InChI=1S/C13H20.3C12H18.C11H15F.C11H16O.C10H14.C9H12.8C2H6/c1-12(2,3)13(4,5)11-9-7-6-8-10-11;2*1-10(12(2,3)4)11-8-6-5-7-9-11;1-12(2,3)10-9-11-7-5-4-6-8-11;2*1-11(2,3)10(12)9-7-5-4-6-8-9;1-10(2,3)9-7-5-4-6-8-9;1-8(2)9-6-4-3-5-7-9;8*1-2/h6-10H,1-5H3;2*5-10H,1-4H3;4-8H,9-10H2,1-3H3;4-8,10H,1-3H3;4-8,10,12H,1-3H3;4-8H,1-3H3;3-8H,1-2H3;8*1-2H3. The second-order valence-electron chi connectivity index (χ2n) is 33.3. The normalized spacial score (nSPS) is 11.6. The molecule has 0 aromatic heterocycles. The molecule has 616 valence electrons. The highest BCUT2D eigenvalue weighted by Crippen LogP contribution is 2.41. The third-order valence-corrected chi connectivity index (χ3v) is 17.5. The summed E-state index contributed by atoms with van der Waals surface area (Å²) in [5.41, 5.74) is 11.9. The zero-order chi connectivity index (χ0) is 86.2. The zero-order valence-corrected chi connectivity index (χ0v) is 79.2. The summed E-state index contributed by atoms with van der Waals surface area (Å²) in [7, 11) is 0. The summed E-state index contributed by atoms with van der Waals surface area (Å²) in [4.78, 5) is 0. The molecule has 8 aromatic carbocycles. The van der Waals surface area contributed by atoms with E-state index < -0.39 is 6.17 Å². The van der Waals surface area contributed by atoms with E-state index in [0.29, 0.717) is 44.8 Å². The van der Waals surface area contributed by atoms with Crippen LogP contribution in [0.5, 0.6) is 0 Å². The summed E-state index contributed by atoms with van der Waals surface area (Å²) in [6.45, 7) is 91.5. The van der Waals surface area contributed by atoms with Crippen LogP contribution in [0.3, 0.4) is 0 Å². The van der Waals surface area contributed by atoms with Crippen LogP contribution in [0.15, 0.2) is 243 Å². The minimum absolute atomic E-state index is 0.0820. The summed E-state index contributed by atoms with van der Waals surface area (Å²) in [6.07, 6.45) is 1.21. The Morgan fingerprint density at radius 2 is 0.500 bits per heavy atom. The Morgan fingerprint density at radius 3 is 0.704 bits per heavy atom. The summed E-state index contributed by atoms with van der Waals surface area (Å²) in [5.74, 6) is 1.91. The maximum Gasteiger partial charge on any atom is 0.130 e. The molecule has 0 aliphatic carbocycles. The number of hydrogen-bond acceptors (Lipinski definition) is 1. The SMILES string of the molecule is CC.CC.CC.CC.CC.CC.CC.CC.CC(C)(C)C(C)(C)c1ccccc1.CC(C)(C)C(F)c1ccccc1.CC(C)(C)C(O)c1ccccc1.CC(C)(C)CCc1ccccc1.CC(C)(C)c1ccccc1.CC(C)c1ccccc1.CC(c1ccccc1)C(C)(C)C.CC(c1ccccc1)C(C)(C)C. The fraction of sp³-hybridized carbons (Fsp3) is 0.547. The van der Waals surface area contributed by atoms with Crippen molar-refractivity contribution in [3.63, 3.8) is 0 Å². The number of alkyl halides is 1. The summed E-state index contributed by atoms with van der Waals surface area (Å²) >= 11 is 0. The lowest BCUT2D eigenvalue weighted by atomic mass is 9.65. The molecule has 108 heavy (non-hydrogen) atoms. The average Bonchev–Trinajstić information content (AvgIpc) is 0.803. The molecular formula is C106H179FO. The molecule has 0 saturated heterocycles. The Labute approximate surface area is 676 Å². The fourth-order valence-electron chi connectivity index (χ4n) is 8.97. The topological polar surface area (TPSA) is 20.2 Å². The van der Waals surface area contributed by atoms with Crippen LogP contribution in [0, 0.1) is 32.5 Å². The van der Waals surface area contributed by atoms with Gasteiger partial charge in [-0.25, -0.2) is 4.39 Å². The van der Waals surface area contributed by atoms with Crippen molar-refractivity contribution in [3.05, 3.63) is 287 Å². The zero-order valence-electron chi connectivity index (χ0n) is 79.2. The van der Waals surface area contributed by atoms with E-state index in [1.165, 1.54) is 46.2 Å². The van der Waals surface area contributed by atoms with E-state index in [0.717, 1.165) is 11.1 Å². The van der Waals surface area contributed by atoms with Crippen LogP contribution in [0.25, 0.3) is 0 Å². The molecule has 0 radical (unpaired) electrons. The largest absolute Gasteiger partial charge is 0.388 e. The number of aliphatic hydroxyl groups excluding tert-OH is 1. The summed E-state index contributed by atoms with van der Waals surface area (Å²) in [5, 5.41) is 9.86. The van der Waals surface area contributed by atoms with Crippen molar-refractivity contribution in [3.8, 4) is 0 Å². The molecule has 1 nitrogen and oxygen atoms in total. The lowest BCUT2D eigenvalue weighted by Gasteiger charge is -2.39. The van der Waals surface area contributed by atoms with Gasteiger partial charge < -0.3 is 5.11 Å². The van der Waals surface area contributed by atoms with Crippen LogP contribution >= 0.6 is 0 Å². The summed E-state index contributed by atoms with van der Waals surface area (Å²) < 4.78 is 13.6. The molecule has 0 aliphatic rings. The van der Waals surface area contributed by atoms with Crippen LogP contribution in [0.1, 0.15) is 379 Å². The van der Waals surface area contributed by atoms with Crippen LogP contribution in [0.4, 0.5) is 4.39 Å². The first-order valence-electron chi connectivity index (χ1n) is 42.1. The van der Waals surface area contributed by atoms with Gasteiger partial charge in [0.1, 0.15) is 6.17 Å². The molecule has 0 spiro atoms. The van der Waals surface area contributed by atoms with E-state index in [4.69, 9.17) is 0 Å². The molecule has 0 aliphatic heterocycles. The van der Waals surface area contributed by atoms with Gasteiger partial charge >= 0.3 is 0 Å². The van der Waals surface area contributed by atoms with Crippen molar-refractivity contribution in [2.24, 2.45) is 32.5 Å². The molecule has 4 atom stereocenters. The van der Waals surface area contributed by atoms with Crippen molar-refractivity contribution < 1.29 is 9.50 Å². The van der Waals surface area contributed by atoms with Gasteiger partial charge in [0.05, 0.1) is 6.10 Å². The Hall–Kier alpha value is -6.35. The Balaban J connectivity index is -0.000000172. The van der Waals surface area contributed by atoms with E-state index >= 15 is 0 Å². The Kier molecular flexibility index (Phi) is 72.2. The highest BCUT2D eigenvalue weighted by Gasteiger charge is 2.34.